The predicted octanol–water partition coefficient (Wildman–Crippen LogP) is 12.9. The third-order valence-corrected chi connectivity index (χ3v) is 11.6. The molecule has 3 aromatic rings. The Labute approximate surface area is 282 Å². The number of rotatable bonds is 5. The molecule has 0 amide bonds. The fraction of sp³-hybridized carbons (Fsp3) is 0.558. The van der Waals surface area contributed by atoms with Gasteiger partial charge in [0.1, 0.15) is 0 Å². The maximum Gasteiger partial charge on any atom is 0.0706 e. The van der Waals surface area contributed by atoms with Crippen LogP contribution in [0, 0.1) is 5.40 Å². The van der Waals surface area contributed by atoms with E-state index in [4.69, 9.17) is 0 Å². The normalized spacial score (nSPS) is 14.5. The van der Waals surface area contributed by atoms with Crippen LogP contribution in [0.5, 0.6) is 0 Å². The smallest absolute Gasteiger partial charge is 0.0622 e. The van der Waals surface area contributed by atoms with Crippen LogP contribution in [0.3, 0.4) is 0 Å². The van der Waals surface area contributed by atoms with Gasteiger partial charge in [-0.25, -0.2) is 0 Å². The van der Waals surface area contributed by atoms with Gasteiger partial charge in [0.05, 0.1) is 5.40 Å². The number of hydrogen-bond acceptors (Lipinski definition) is 0. The van der Waals surface area contributed by atoms with Crippen LogP contribution in [0.25, 0.3) is 0 Å². The SMILES string of the molecule is CC(C)(C)c1cc(C(C)(C)C)c([P][C]([P]c2c(C(C)(C)C)cc(C(C)(C)C)cc2C(C)(C)C)c2ccccc2)c(C(C)(C)C)c1. The lowest BCUT2D eigenvalue weighted by molar-refractivity contribution is 0.553. The van der Waals surface area contributed by atoms with Crippen molar-refractivity contribution in [2.75, 3.05) is 0 Å². The topological polar surface area (TPSA) is 0 Å². The van der Waals surface area contributed by atoms with Crippen molar-refractivity contribution in [3.63, 3.8) is 0 Å². The molecular weight excluding hydrogens is 578 g/mol. The molecule has 3 rings (SSSR count). The maximum absolute atomic E-state index is 2.52. The fourth-order valence-electron chi connectivity index (χ4n) is 5.62. The highest BCUT2D eigenvalue weighted by Crippen LogP contribution is 2.52. The molecule has 0 unspecified atom stereocenters. The summed E-state index contributed by atoms with van der Waals surface area (Å²) in [4.78, 5) is 0. The largest absolute Gasteiger partial charge is 0.0706 e. The molecule has 0 saturated heterocycles. The van der Waals surface area contributed by atoms with Crippen molar-refractivity contribution >= 4 is 27.8 Å². The summed E-state index contributed by atoms with van der Waals surface area (Å²) in [5, 5.41) is 4.42. The van der Waals surface area contributed by atoms with Crippen molar-refractivity contribution in [2.45, 2.75) is 157 Å². The van der Waals surface area contributed by atoms with Crippen LogP contribution in [0.15, 0.2) is 54.6 Å². The first-order valence-electron chi connectivity index (χ1n) is 16.9. The summed E-state index contributed by atoms with van der Waals surface area (Å²) in [6, 6.07) is 21.3. The van der Waals surface area contributed by atoms with Crippen molar-refractivity contribution in [3.05, 3.63) is 98.9 Å². The van der Waals surface area contributed by atoms with E-state index in [1.54, 1.807) is 0 Å². The minimum atomic E-state index is 0.0176. The van der Waals surface area contributed by atoms with E-state index in [1.165, 1.54) is 72.1 Å². The van der Waals surface area contributed by atoms with Crippen LogP contribution < -0.4 is 10.6 Å². The Hall–Kier alpha value is -1.48. The summed E-state index contributed by atoms with van der Waals surface area (Å²) in [5.74, 6) is 0. The summed E-state index contributed by atoms with van der Waals surface area (Å²) < 4.78 is 0. The Kier molecular flexibility index (Phi) is 10.8. The van der Waals surface area contributed by atoms with Gasteiger partial charge in [-0.05, 0) is 99.2 Å². The standard InChI is InChI=1S/C43H63P2/c1-38(2,3)29-24-31(40(7,8)9)35(32(25-29)41(10,11)12)44-37(28-22-20-19-21-23-28)45-36-33(42(13,14)15)26-30(39(4,5)6)27-34(36)43(16,17)18/h19-27H,1-18H3. The van der Waals surface area contributed by atoms with Crippen LogP contribution in [-0.2, 0) is 32.5 Å². The van der Waals surface area contributed by atoms with E-state index in [-0.39, 0.29) is 32.5 Å². The second kappa shape index (κ2) is 12.9. The van der Waals surface area contributed by atoms with E-state index < -0.39 is 0 Å². The van der Waals surface area contributed by atoms with Gasteiger partial charge in [0, 0.05) is 0 Å². The first-order chi connectivity index (χ1) is 20.1. The van der Waals surface area contributed by atoms with E-state index in [0.717, 1.165) is 0 Å². The van der Waals surface area contributed by atoms with Crippen LogP contribution in [-0.4, -0.2) is 0 Å². The van der Waals surface area contributed by atoms with E-state index in [1.807, 2.05) is 0 Å². The zero-order chi connectivity index (χ0) is 34.6. The average molecular weight is 642 g/mol. The van der Waals surface area contributed by atoms with E-state index >= 15 is 0 Å². The van der Waals surface area contributed by atoms with Crippen LogP contribution in [0.4, 0.5) is 0 Å². The Morgan fingerprint density at radius 2 is 0.644 bits per heavy atom. The summed E-state index contributed by atoms with van der Waals surface area (Å²) in [6.07, 6.45) is 0. The summed E-state index contributed by atoms with van der Waals surface area (Å²) in [5.41, 5.74) is 10.3. The molecule has 45 heavy (non-hydrogen) atoms. The highest BCUT2D eigenvalue weighted by atomic mass is 31.1. The molecule has 0 spiro atoms. The summed E-state index contributed by atoms with van der Waals surface area (Å²) in [6.45, 7) is 42.8. The van der Waals surface area contributed by atoms with Crippen LogP contribution in [0.2, 0.25) is 0 Å². The van der Waals surface area contributed by atoms with Crippen molar-refractivity contribution in [1.29, 1.82) is 0 Å². The van der Waals surface area contributed by atoms with Crippen molar-refractivity contribution in [3.8, 4) is 0 Å². The molecule has 0 aliphatic heterocycles. The maximum atomic E-state index is 2.52. The van der Waals surface area contributed by atoms with Crippen LogP contribution >= 0.6 is 17.2 Å². The first-order valence-corrected chi connectivity index (χ1v) is 18.7. The third-order valence-electron chi connectivity index (χ3n) is 8.65. The second-order valence-corrected chi connectivity index (χ2v) is 21.8. The van der Waals surface area contributed by atoms with Crippen molar-refractivity contribution < 1.29 is 0 Å². The molecule has 0 saturated carbocycles. The van der Waals surface area contributed by atoms with E-state index in [2.05, 4.69) is 179 Å². The lowest BCUT2D eigenvalue weighted by atomic mass is 9.75. The molecule has 3 radical (unpaired) electrons. The Morgan fingerprint density at radius 1 is 0.378 bits per heavy atom. The molecule has 0 aliphatic carbocycles. The van der Waals surface area contributed by atoms with Crippen molar-refractivity contribution in [2.24, 2.45) is 0 Å². The molecule has 0 nitrogen and oxygen atoms in total. The molecule has 2 heteroatoms. The molecule has 0 aliphatic rings. The minimum Gasteiger partial charge on any atom is -0.0622 e. The predicted molar refractivity (Wildman–Crippen MR) is 207 cm³/mol. The van der Waals surface area contributed by atoms with Gasteiger partial charge in [-0.3, -0.25) is 0 Å². The molecule has 245 valence electrons. The quantitative estimate of drug-likeness (QED) is 0.243. The Morgan fingerprint density at radius 3 is 0.867 bits per heavy atom. The zero-order valence-corrected chi connectivity index (χ0v) is 33.9. The second-order valence-electron chi connectivity index (χ2n) is 19.3. The lowest BCUT2D eigenvalue weighted by Crippen LogP contribution is -2.32. The molecule has 0 bridgehead atoms. The molecule has 0 N–H and O–H groups in total. The summed E-state index contributed by atoms with van der Waals surface area (Å²) >= 11 is 0. The fourth-order valence-corrected chi connectivity index (χ4v) is 9.48. The van der Waals surface area contributed by atoms with Crippen molar-refractivity contribution in [1.82, 2.24) is 0 Å². The molecule has 0 aromatic heterocycles. The van der Waals surface area contributed by atoms with Gasteiger partial charge >= 0.3 is 0 Å². The zero-order valence-electron chi connectivity index (χ0n) is 32.1. The molecule has 0 atom stereocenters. The highest BCUT2D eigenvalue weighted by Gasteiger charge is 2.34. The molecular formula is C43H63P2. The van der Waals surface area contributed by atoms with Crippen LogP contribution in [0.1, 0.15) is 164 Å². The van der Waals surface area contributed by atoms with Gasteiger partial charge in [0.2, 0.25) is 0 Å². The number of hydrogen-bond donors (Lipinski definition) is 0. The molecule has 3 aromatic carbocycles. The first kappa shape index (κ1) is 38.0. The van der Waals surface area contributed by atoms with Gasteiger partial charge in [-0.15, -0.1) is 0 Å². The Balaban J connectivity index is 2.42. The highest BCUT2D eigenvalue weighted by molar-refractivity contribution is 7.70. The van der Waals surface area contributed by atoms with Gasteiger partial charge in [-0.2, -0.15) is 0 Å². The van der Waals surface area contributed by atoms with Gasteiger partial charge in [0.15, 0.2) is 0 Å². The van der Waals surface area contributed by atoms with E-state index in [9.17, 15) is 0 Å². The Bertz CT molecular complexity index is 1300. The monoisotopic (exact) mass is 641 g/mol. The van der Waals surface area contributed by atoms with Gasteiger partial charge in [0.25, 0.3) is 0 Å². The lowest BCUT2D eigenvalue weighted by Gasteiger charge is -2.36. The van der Waals surface area contributed by atoms with Gasteiger partial charge in [-0.1, -0.05) is 179 Å². The van der Waals surface area contributed by atoms with E-state index in [0.29, 0.717) is 0 Å². The molecule has 0 heterocycles. The number of benzene rings is 3. The molecule has 0 fully saturated rings. The minimum absolute atomic E-state index is 0.0176. The van der Waals surface area contributed by atoms with Gasteiger partial charge < -0.3 is 0 Å². The summed E-state index contributed by atoms with van der Waals surface area (Å²) in [7, 11) is 2.59. The average Bonchev–Trinajstić information content (AvgIpc) is 2.84. The third kappa shape index (κ3) is 9.33.